The number of benzene rings is 1. The summed E-state index contributed by atoms with van der Waals surface area (Å²) in [4.78, 5) is 12.5. The van der Waals surface area contributed by atoms with Crippen molar-refractivity contribution in [3.05, 3.63) is 34.3 Å². The van der Waals surface area contributed by atoms with Crippen molar-refractivity contribution in [1.82, 2.24) is 5.32 Å². The van der Waals surface area contributed by atoms with Gasteiger partial charge in [0.1, 0.15) is 0 Å². The summed E-state index contributed by atoms with van der Waals surface area (Å²) in [5, 5.41) is 3.06. The van der Waals surface area contributed by atoms with Crippen LogP contribution in [0.3, 0.4) is 0 Å². The van der Waals surface area contributed by atoms with Gasteiger partial charge in [-0.1, -0.05) is 35.0 Å². The van der Waals surface area contributed by atoms with Crippen molar-refractivity contribution in [3.63, 3.8) is 0 Å². The van der Waals surface area contributed by atoms with E-state index in [9.17, 15) is 4.79 Å². The van der Waals surface area contributed by atoms with Crippen LogP contribution in [0.2, 0.25) is 0 Å². The van der Waals surface area contributed by atoms with Gasteiger partial charge in [0.15, 0.2) is 0 Å². The first-order chi connectivity index (χ1) is 9.55. The number of nitrogens with one attached hydrogen (secondary N) is 1. The quantitative estimate of drug-likeness (QED) is 0.885. The predicted molar refractivity (Wildman–Crippen MR) is 85.1 cm³/mol. The molecule has 1 aliphatic rings. The summed E-state index contributed by atoms with van der Waals surface area (Å²) in [5.41, 5.74) is 6.66. The molecule has 0 spiro atoms. The highest BCUT2D eigenvalue weighted by Crippen LogP contribution is 2.38. The number of amides is 1. The molecule has 1 aromatic carbocycles. The van der Waals surface area contributed by atoms with Crippen molar-refractivity contribution in [2.45, 2.75) is 39.2 Å². The highest BCUT2D eigenvalue weighted by molar-refractivity contribution is 9.10. The zero-order chi connectivity index (χ0) is 14.6. The first-order valence-electron chi connectivity index (χ1n) is 7.28. The van der Waals surface area contributed by atoms with E-state index in [1.807, 2.05) is 24.3 Å². The summed E-state index contributed by atoms with van der Waals surface area (Å²) in [5.74, 6) is 0.833. The third-order valence-electron chi connectivity index (χ3n) is 4.45. The molecule has 1 fully saturated rings. The maximum absolute atomic E-state index is 12.5. The fourth-order valence-corrected chi connectivity index (χ4v) is 3.30. The molecule has 0 saturated heterocycles. The lowest BCUT2D eigenvalue weighted by Crippen LogP contribution is -2.47. The van der Waals surface area contributed by atoms with Crippen LogP contribution in [0.5, 0.6) is 0 Å². The van der Waals surface area contributed by atoms with Crippen molar-refractivity contribution in [3.8, 4) is 0 Å². The standard InChI is InChI=1S/C16H23BrN2O/c1-12-5-7-16(11-18,8-6-12)15(20)19-10-13-3-2-4-14(17)9-13/h2-4,9,12H,5-8,10-11,18H2,1H3,(H,19,20). The van der Waals surface area contributed by atoms with Crippen molar-refractivity contribution in [2.75, 3.05) is 6.54 Å². The molecule has 0 bridgehead atoms. The van der Waals surface area contributed by atoms with E-state index in [1.54, 1.807) is 0 Å². The minimum absolute atomic E-state index is 0.117. The normalized spacial score (nSPS) is 26.2. The van der Waals surface area contributed by atoms with Gasteiger partial charge < -0.3 is 11.1 Å². The first kappa shape index (κ1) is 15.5. The van der Waals surface area contributed by atoms with Gasteiger partial charge in [0.2, 0.25) is 5.91 Å². The molecular formula is C16H23BrN2O. The molecule has 2 rings (SSSR count). The summed E-state index contributed by atoms with van der Waals surface area (Å²) >= 11 is 3.44. The largest absolute Gasteiger partial charge is 0.352 e. The first-order valence-corrected chi connectivity index (χ1v) is 8.08. The molecule has 110 valence electrons. The van der Waals surface area contributed by atoms with Gasteiger partial charge in [-0.25, -0.2) is 0 Å². The van der Waals surface area contributed by atoms with E-state index in [2.05, 4.69) is 28.2 Å². The fourth-order valence-electron chi connectivity index (χ4n) is 2.86. The van der Waals surface area contributed by atoms with E-state index in [1.165, 1.54) is 0 Å². The monoisotopic (exact) mass is 338 g/mol. The maximum atomic E-state index is 12.5. The lowest BCUT2D eigenvalue weighted by atomic mass is 9.70. The molecule has 0 heterocycles. The Labute approximate surface area is 129 Å². The van der Waals surface area contributed by atoms with E-state index >= 15 is 0 Å². The van der Waals surface area contributed by atoms with Gasteiger partial charge in [-0.2, -0.15) is 0 Å². The molecule has 1 aliphatic carbocycles. The second-order valence-electron chi connectivity index (χ2n) is 5.98. The van der Waals surface area contributed by atoms with Crippen molar-refractivity contribution >= 4 is 21.8 Å². The van der Waals surface area contributed by atoms with Crippen LogP contribution in [-0.4, -0.2) is 12.5 Å². The molecule has 0 atom stereocenters. The molecule has 4 heteroatoms. The SMILES string of the molecule is CC1CCC(CN)(C(=O)NCc2cccc(Br)c2)CC1. The van der Waals surface area contributed by atoms with E-state index in [0.29, 0.717) is 19.0 Å². The average Bonchev–Trinajstić information content (AvgIpc) is 2.46. The minimum atomic E-state index is -0.349. The van der Waals surface area contributed by atoms with Crippen LogP contribution in [0.1, 0.15) is 38.2 Å². The minimum Gasteiger partial charge on any atom is -0.352 e. The van der Waals surface area contributed by atoms with Gasteiger partial charge in [0, 0.05) is 17.6 Å². The fraction of sp³-hybridized carbons (Fsp3) is 0.562. The molecule has 0 aromatic heterocycles. The Morgan fingerprint density at radius 3 is 2.75 bits per heavy atom. The van der Waals surface area contributed by atoms with Crippen LogP contribution < -0.4 is 11.1 Å². The topological polar surface area (TPSA) is 55.1 Å². The Morgan fingerprint density at radius 2 is 2.15 bits per heavy atom. The third-order valence-corrected chi connectivity index (χ3v) is 4.94. The number of hydrogen-bond acceptors (Lipinski definition) is 2. The second kappa shape index (κ2) is 6.72. The zero-order valence-corrected chi connectivity index (χ0v) is 13.6. The molecule has 1 saturated carbocycles. The molecule has 3 nitrogen and oxygen atoms in total. The van der Waals surface area contributed by atoms with Crippen molar-refractivity contribution < 1.29 is 4.79 Å². The maximum Gasteiger partial charge on any atom is 0.227 e. The Bertz CT molecular complexity index is 467. The number of carbonyl (C=O) groups is 1. The second-order valence-corrected chi connectivity index (χ2v) is 6.90. The Hall–Kier alpha value is -0.870. The highest BCUT2D eigenvalue weighted by atomic mass is 79.9. The molecule has 1 amide bonds. The highest BCUT2D eigenvalue weighted by Gasteiger charge is 2.39. The Morgan fingerprint density at radius 1 is 1.45 bits per heavy atom. The van der Waals surface area contributed by atoms with Crippen LogP contribution >= 0.6 is 15.9 Å². The van der Waals surface area contributed by atoms with Crippen LogP contribution in [0, 0.1) is 11.3 Å². The number of rotatable bonds is 4. The van der Waals surface area contributed by atoms with E-state index in [0.717, 1.165) is 35.7 Å². The molecule has 0 unspecified atom stereocenters. The zero-order valence-electron chi connectivity index (χ0n) is 12.0. The molecule has 1 aromatic rings. The van der Waals surface area contributed by atoms with Crippen molar-refractivity contribution in [1.29, 1.82) is 0 Å². The predicted octanol–water partition coefficient (Wildman–Crippen LogP) is 3.22. The summed E-state index contributed by atoms with van der Waals surface area (Å²) in [6.45, 7) is 3.26. The number of nitrogens with two attached hydrogens (primary N) is 1. The molecule has 0 aliphatic heterocycles. The molecule has 3 N–H and O–H groups in total. The summed E-state index contributed by atoms with van der Waals surface area (Å²) < 4.78 is 1.03. The van der Waals surface area contributed by atoms with Gasteiger partial charge in [0.25, 0.3) is 0 Å². The number of hydrogen-bond donors (Lipinski definition) is 2. The number of halogens is 1. The van der Waals surface area contributed by atoms with E-state index < -0.39 is 0 Å². The Kier molecular flexibility index (Phi) is 5.22. The molecule has 20 heavy (non-hydrogen) atoms. The Balaban J connectivity index is 1.96. The summed E-state index contributed by atoms with van der Waals surface area (Å²) in [6.07, 6.45) is 4.02. The third kappa shape index (κ3) is 3.61. The van der Waals surface area contributed by atoms with Crippen LogP contribution in [0.25, 0.3) is 0 Å². The summed E-state index contributed by atoms with van der Waals surface area (Å²) in [7, 11) is 0. The van der Waals surface area contributed by atoms with Gasteiger partial charge in [0.05, 0.1) is 5.41 Å². The molecular weight excluding hydrogens is 316 g/mol. The van der Waals surface area contributed by atoms with Crippen LogP contribution in [0.15, 0.2) is 28.7 Å². The van der Waals surface area contributed by atoms with Gasteiger partial charge in [-0.05, 0) is 49.3 Å². The van der Waals surface area contributed by atoms with Crippen LogP contribution in [0.4, 0.5) is 0 Å². The van der Waals surface area contributed by atoms with E-state index in [-0.39, 0.29) is 11.3 Å². The average molecular weight is 339 g/mol. The van der Waals surface area contributed by atoms with Gasteiger partial charge in [-0.15, -0.1) is 0 Å². The van der Waals surface area contributed by atoms with Crippen LogP contribution in [-0.2, 0) is 11.3 Å². The van der Waals surface area contributed by atoms with Gasteiger partial charge in [-0.3, -0.25) is 4.79 Å². The van der Waals surface area contributed by atoms with E-state index in [4.69, 9.17) is 5.73 Å². The lowest BCUT2D eigenvalue weighted by molar-refractivity contribution is -0.133. The van der Waals surface area contributed by atoms with Crippen molar-refractivity contribution in [2.24, 2.45) is 17.1 Å². The van der Waals surface area contributed by atoms with Gasteiger partial charge >= 0.3 is 0 Å². The lowest BCUT2D eigenvalue weighted by Gasteiger charge is -2.37. The number of carbonyl (C=O) groups excluding carboxylic acids is 1. The summed E-state index contributed by atoms with van der Waals surface area (Å²) in [6, 6.07) is 8.00. The smallest absolute Gasteiger partial charge is 0.227 e. The molecule has 0 radical (unpaired) electrons.